The largest absolute Gasteiger partial charge is 0.396 e. The van der Waals surface area contributed by atoms with Gasteiger partial charge in [-0.15, -0.1) is 0 Å². The van der Waals surface area contributed by atoms with E-state index in [2.05, 4.69) is 42.8 Å². The summed E-state index contributed by atoms with van der Waals surface area (Å²) in [5.74, 6) is 0.671. The van der Waals surface area contributed by atoms with E-state index in [1.54, 1.807) is 0 Å². The van der Waals surface area contributed by atoms with E-state index in [4.69, 9.17) is 5.11 Å². The molecule has 0 spiro atoms. The maximum absolute atomic E-state index is 8.80. The highest BCUT2D eigenvalue weighted by molar-refractivity contribution is 5.24. The van der Waals surface area contributed by atoms with Gasteiger partial charge in [0.15, 0.2) is 0 Å². The van der Waals surface area contributed by atoms with Crippen LogP contribution < -0.4 is 5.32 Å². The molecule has 0 aliphatic heterocycles. The lowest BCUT2D eigenvalue weighted by atomic mass is 10.1. The third-order valence-corrected chi connectivity index (χ3v) is 3.16. The molecule has 0 bridgehead atoms. The van der Waals surface area contributed by atoms with Crippen molar-refractivity contribution in [2.24, 2.45) is 5.92 Å². The molecule has 0 saturated carbocycles. The number of aromatic nitrogens is 2. The summed E-state index contributed by atoms with van der Waals surface area (Å²) in [5, 5.41) is 16.8. The fourth-order valence-corrected chi connectivity index (χ4v) is 2.07. The molecule has 4 nitrogen and oxygen atoms in total. The Kier molecular flexibility index (Phi) is 6.36. The molecule has 1 heterocycles. The molecule has 0 aliphatic rings. The molecule has 18 heavy (non-hydrogen) atoms. The number of hydrogen-bond acceptors (Lipinski definition) is 3. The minimum absolute atomic E-state index is 0.266. The van der Waals surface area contributed by atoms with Crippen molar-refractivity contribution < 1.29 is 5.11 Å². The van der Waals surface area contributed by atoms with Crippen molar-refractivity contribution in [3.8, 4) is 0 Å². The summed E-state index contributed by atoms with van der Waals surface area (Å²) < 4.78 is 2.07. The average Bonchev–Trinajstić information content (AvgIpc) is 2.56. The summed E-state index contributed by atoms with van der Waals surface area (Å²) in [6.45, 7) is 11.7. The van der Waals surface area contributed by atoms with Crippen molar-refractivity contribution in [1.82, 2.24) is 15.1 Å². The van der Waals surface area contributed by atoms with Crippen LogP contribution in [0.15, 0.2) is 0 Å². The Hall–Kier alpha value is -0.870. The average molecular weight is 253 g/mol. The third kappa shape index (κ3) is 4.42. The van der Waals surface area contributed by atoms with Gasteiger partial charge in [-0.25, -0.2) is 0 Å². The van der Waals surface area contributed by atoms with Gasteiger partial charge in [-0.2, -0.15) is 5.10 Å². The zero-order valence-corrected chi connectivity index (χ0v) is 12.2. The van der Waals surface area contributed by atoms with Gasteiger partial charge in [-0.3, -0.25) is 4.68 Å². The van der Waals surface area contributed by atoms with Gasteiger partial charge in [0.1, 0.15) is 0 Å². The van der Waals surface area contributed by atoms with Crippen LogP contribution in [0.1, 0.15) is 43.6 Å². The SMILES string of the molecule is Cc1nn(CCCCO)c(C)c1CNCC(C)C. The molecule has 0 saturated heterocycles. The van der Waals surface area contributed by atoms with Gasteiger partial charge in [0, 0.05) is 31.0 Å². The van der Waals surface area contributed by atoms with E-state index >= 15 is 0 Å². The van der Waals surface area contributed by atoms with Crippen LogP contribution in [0.5, 0.6) is 0 Å². The number of unbranched alkanes of at least 4 members (excludes halogenated alkanes) is 1. The Morgan fingerprint density at radius 1 is 1.28 bits per heavy atom. The van der Waals surface area contributed by atoms with Crippen LogP contribution in [-0.2, 0) is 13.1 Å². The molecule has 1 aromatic heterocycles. The van der Waals surface area contributed by atoms with Crippen molar-refractivity contribution >= 4 is 0 Å². The van der Waals surface area contributed by atoms with E-state index in [1.165, 1.54) is 11.3 Å². The molecule has 0 aliphatic carbocycles. The van der Waals surface area contributed by atoms with Gasteiger partial charge in [-0.05, 0) is 39.2 Å². The summed E-state index contributed by atoms with van der Waals surface area (Å²) in [5.41, 5.74) is 3.69. The molecule has 0 amide bonds. The fourth-order valence-electron chi connectivity index (χ4n) is 2.07. The summed E-state index contributed by atoms with van der Waals surface area (Å²) >= 11 is 0. The predicted molar refractivity (Wildman–Crippen MR) is 74.6 cm³/mol. The van der Waals surface area contributed by atoms with E-state index in [9.17, 15) is 0 Å². The monoisotopic (exact) mass is 253 g/mol. The second-order valence-electron chi connectivity index (χ2n) is 5.33. The second-order valence-corrected chi connectivity index (χ2v) is 5.33. The molecular formula is C14H27N3O. The summed E-state index contributed by atoms with van der Waals surface area (Å²) in [6, 6.07) is 0. The molecular weight excluding hydrogens is 226 g/mol. The van der Waals surface area contributed by atoms with Crippen LogP contribution in [0.25, 0.3) is 0 Å². The normalized spacial score (nSPS) is 11.4. The molecule has 0 radical (unpaired) electrons. The molecule has 0 atom stereocenters. The topological polar surface area (TPSA) is 50.1 Å². The van der Waals surface area contributed by atoms with Crippen LogP contribution in [-0.4, -0.2) is 28.0 Å². The molecule has 0 aromatic carbocycles. The fraction of sp³-hybridized carbons (Fsp3) is 0.786. The Balaban J connectivity index is 2.57. The highest BCUT2D eigenvalue weighted by atomic mass is 16.2. The Labute approximate surface area is 110 Å². The molecule has 104 valence electrons. The number of hydrogen-bond donors (Lipinski definition) is 2. The zero-order valence-electron chi connectivity index (χ0n) is 12.2. The quantitative estimate of drug-likeness (QED) is 0.697. The number of rotatable bonds is 8. The number of nitrogens with zero attached hydrogens (tertiary/aromatic N) is 2. The molecule has 0 fully saturated rings. The number of nitrogens with one attached hydrogen (secondary N) is 1. The van der Waals surface area contributed by atoms with E-state index in [1.807, 2.05) is 0 Å². The van der Waals surface area contributed by atoms with Gasteiger partial charge < -0.3 is 10.4 Å². The van der Waals surface area contributed by atoms with Crippen molar-refractivity contribution in [3.05, 3.63) is 17.0 Å². The third-order valence-electron chi connectivity index (χ3n) is 3.16. The minimum Gasteiger partial charge on any atom is -0.396 e. The summed E-state index contributed by atoms with van der Waals surface area (Å²) in [4.78, 5) is 0. The van der Waals surface area contributed by atoms with Crippen molar-refractivity contribution in [2.75, 3.05) is 13.2 Å². The Morgan fingerprint density at radius 3 is 2.61 bits per heavy atom. The van der Waals surface area contributed by atoms with Gasteiger partial charge in [-0.1, -0.05) is 13.8 Å². The first-order valence-corrected chi connectivity index (χ1v) is 6.90. The molecule has 2 N–H and O–H groups in total. The zero-order chi connectivity index (χ0) is 13.5. The van der Waals surface area contributed by atoms with Crippen LogP contribution in [0, 0.1) is 19.8 Å². The lowest BCUT2D eigenvalue weighted by molar-refractivity contribution is 0.280. The van der Waals surface area contributed by atoms with Crippen LogP contribution in [0.4, 0.5) is 0 Å². The predicted octanol–water partition coefficient (Wildman–Crippen LogP) is 2.02. The highest BCUT2D eigenvalue weighted by Crippen LogP contribution is 2.13. The second kappa shape index (κ2) is 7.54. The standard InChI is InChI=1S/C14H27N3O/c1-11(2)9-15-10-14-12(3)16-17(13(14)4)7-5-6-8-18/h11,15,18H,5-10H2,1-4H3. The minimum atomic E-state index is 0.266. The Bertz CT molecular complexity index is 358. The lowest BCUT2D eigenvalue weighted by Gasteiger charge is -2.08. The van der Waals surface area contributed by atoms with Crippen molar-refractivity contribution in [1.29, 1.82) is 0 Å². The van der Waals surface area contributed by atoms with Crippen LogP contribution >= 0.6 is 0 Å². The Morgan fingerprint density at radius 2 is 2.00 bits per heavy atom. The number of aliphatic hydroxyl groups is 1. The number of aliphatic hydroxyl groups excluding tert-OH is 1. The highest BCUT2D eigenvalue weighted by Gasteiger charge is 2.10. The van der Waals surface area contributed by atoms with Crippen molar-refractivity contribution in [3.63, 3.8) is 0 Å². The molecule has 1 rings (SSSR count). The first kappa shape index (κ1) is 15.2. The van der Waals surface area contributed by atoms with Gasteiger partial charge in [0.2, 0.25) is 0 Å². The maximum Gasteiger partial charge on any atom is 0.0641 e. The van der Waals surface area contributed by atoms with E-state index in [-0.39, 0.29) is 6.61 Å². The van der Waals surface area contributed by atoms with Gasteiger partial charge >= 0.3 is 0 Å². The van der Waals surface area contributed by atoms with Crippen LogP contribution in [0.2, 0.25) is 0 Å². The van der Waals surface area contributed by atoms with Gasteiger partial charge in [0.05, 0.1) is 5.69 Å². The van der Waals surface area contributed by atoms with Crippen LogP contribution in [0.3, 0.4) is 0 Å². The van der Waals surface area contributed by atoms with Crippen molar-refractivity contribution in [2.45, 2.75) is 53.6 Å². The first-order valence-electron chi connectivity index (χ1n) is 6.90. The number of aryl methyl sites for hydroxylation is 2. The molecule has 0 unspecified atom stereocenters. The maximum atomic E-state index is 8.80. The summed E-state index contributed by atoms with van der Waals surface area (Å²) in [6.07, 6.45) is 1.83. The first-order chi connectivity index (χ1) is 8.56. The van der Waals surface area contributed by atoms with E-state index in [0.29, 0.717) is 5.92 Å². The smallest absolute Gasteiger partial charge is 0.0641 e. The van der Waals surface area contributed by atoms with Gasteiger partial charge in [0.25, 0.3) is 0 Å². The molecule has 1 aromatic rings. The lowest BCUT2D eigenvalue weighted by Crippen LogP contribution is -2.19. The van der Waals surface area contributed by atoms with E-state index in [0.717, 1.165) is 38.2 Å². The van der Waals surface area contributed by atoms with E-state index < -0.39 is 0 Å². The summed E-state index contributed by atoms with van der Waals surface area (Å²) in [7, 11) is 0. The molecule has 4 heteroatoms.